The minimum absolute atomic E-state index is 0.0359. The first-order valence-electron chi connectivity index (χ1n) is 6.18. The highest BCUT2D eigenvalue weighted by molar-refractivity contribution is 5.86. The van der Waals surface area contributed by atoms with Crippen molar-refractivity contribution < 1.29 is 4.79 Å². The standard InChI is InChI=1S/C13H16N4O/c1-8-4-5-9-11(7-8)17(13(14)16-9)10-3-2-6-15-12(10)18/h4-5,7,10H,2-3,6H2,1H3,(H2,14,16)(H,15,18). The van der Waals surface area contributed by atoms with Crippen LogP contribution in [-0.4, -0.2) is 22.0 Å². The van der Waals surface area contributed by atoms with E-state index < -0.39 is 0 Å². The first-order valence-corrected chi connectivity index (χ1v) is 6.18. The number of imidazole rings is 1. The lowest BCUT2D eigenvalue weighted by Gasteiger charge is -2.24. The van der Waals surface area contributed by atoms with E-state index in [1.165, 1.54) is 0 Å². The Morgan fingerprint density at radius 2 is 2.33 bits per heavy atom. The number of amides is 1. The molecule has 1 aromatic heterocycles. The number of fused-ring (bicyclic) bond motifs is 1. The van der Waals surface area contributed by atoms with Crippen LogP contribution in [0.25, 0.3) is 11.0 Å². The molecule has 5 heteroatoms. The average Bonchev–Trinajstić information content (AvgIpc) is 2.66. The minimum atomic E-state index is -0.231. The molecule has 18 heavy (non-hydrogen) atoms. The van der Waals surface area contributed by atoms with E-state index in [9.17, 15) is 4.79 Å². The van der Waals surface area contributed by atoms with Crippen molar-refractivity contribution >= 4 is 22.9 Å². The molecule has 3 rings (SSSR count). The summed E-state index contributed by atoms with van der Waals surface area (Å²) < 4.78 is 1.86. The Balaban J connectivity index is 2.17. The lowest BCUT2D eigenvalue weighted by Crippen LogP contribution is -2.38. The van der Waals surface area contributed by atoms with Crippen LogP contribution in [0.5, 0.6) is 0 Å². The molecule has 1 aliphatic heterocycles. The first-order chi connectivity index (χ1) is 8.66. The van der Waals surface area contributed by atoms with E-state index in [4.69, 9.17) is 5.73 Å². The number of nitrogens with one attached hydrogen (secondary N) is 1. The van der Waals surface area contributed by atoms with Crippen LogP contribution in [0.15, 0.2) is 18.2 Å². The van der Waals surface area contributed by atoms with Crippen LogP contribution in [0, 0.1) is 6.92 Å². The first kappa shape index (κ1) is 11.1. The van der Waals surface area contributed by atoms with Gasteiger partial charge in [-0.3, -0.25) is 9.36 Å². The molecule has 2 aromatic rings. The lowest BCUT2D eigenvalue weighted by atomic mass is 10.1. The van der Waals surface area contributed by atoms with E-state index in [0.717, 1.165) is 36.0 Å². The number of aromatic nitrogens is 2. The largest absolute Gasteiger partial charge is 0.369 e. The molecule has 1 unspecified atom stereocenters. The van der Waals surface area contributed by atoms with Crippen molar-refractivity contribution in [1.82, 2.24) is 14.9 Å². The zero-order valence-electron chi connectivity index (χ0n) is 10.3. The van der Waals surface area contributed by atoms with Crippen molar-refractivity contribution in [3.8, 4) is 0 Å². The fourth-order valence-electron chi connectivity index (χ4n) is 2.55. The van der Waals surface area contributed by atoms with Gasteiger partial charge in [0.05, 0.1) is 11.0 Å². The second-order valence-electron chi connectivity index (χ2n) is 4.78. The van der Waals surface area contributed by atoms with Gasteiger partial charge in [0, 0.05) is 6.54 Å². The van der Waals surface area contributed by atoms with Gasteiger partial charge in [-0.1, -0.05) is 6.07 Å². The molecule has 3 N–H and O–H groups in total. The topological polar surface area (TPSA) is 72.9 Å². The van der Waals surface area contributed by atoms with E-state index in [-0.39, 0.29) is 11.9 Å². The Morgan fingerprint density at radius 3 is 3.11 bits per heavy atom. The Labute approximate surface area is 105 Å². The Bertz CT molecular complexity index is 617. The highest BCUT2D eigenvalue weighted by atomic mass is 16.2. The number of carbonyl (C=O) groups excluding carboxylic acids is 1. The number of anilines is 1. The molecule has 2 heterocycles. The monoisotopic (exact) mass is 244 g/mol. The third-order valence-electron chi connectivity index (χ3n) is 3.44. The molecule has 0 saturated carbocycles. The molecule has 1 saturated heterocycles. The fourth-order valence-corrected chi connectivity index (χ4v) is 2.55. The predicted molar refractivity (Wildman–Crippen MR) is 70.2 cm³/mol. The fraction of sp³-hybridized carbons (Fsp3) is 0.385. The Kier molecular flexibility index (Phi) is 2.47. The third-order valence-corrected chi connectivity index (χ3v) is 3.44. The van der Waals surface area contributed by atoms with Crippen LogP contribution >= 0.6 is 0 Å². The third kappa shape index (κ3) is 1.63. The number of piperidine rings is 1. The van der Waals surface area contributed by atoms with Gasteiger partial charge in [-0.2, -0.15) is 0 Å². The van der Waals surface area contributed by atoms with Gasteiger partial charge in [0.2, 0.25) is 11.9 Å². The number of nitrogens with zero attached hydrogens (tertiary/aromatic N) is 2. The molecule has 94 valence electrons. The van der Waals surface area contributed by atoms with Gasteiger partial charge in [0.1, 0.15) is 6.04 Å². The van der Waals surface area contributed by atoms with E-state index in [1.807, 2.05) is 29.7 Å². The molecule has 1 fully saturated rings. The molecule has 1 atom stereocenters. The lowest BCUT2D eigenvalue weighted by molar-refractivity contribution is -0.125. The summed E-state index contributed by atoms with van der Waals surface area (Å²) in [5, 5.41) is 2.88. The van der Waals surface area contributed by atoms with Crippen LogP contribution in [-0.2, 0) is 4.79 Å². The van der Waals surface area contributed by atoms with Crippen molar-refractivity contribution in [2.24, 2.45) is 0 Å². The number of hydrogen-bond acceptors (Lipinski definition) is 3. The summed E-state index contributed by atoms with van der Waals surface area (Å²) in [7, 11) is 0. The van der Waals surface area contributed by atoms with Crippen LogP contribution in [0.3, 0.4) is 0 Å². The van der Waals surface area contributed by atoms with Crippen LogP contribution in [0.4, 0.5) is 5.95 Å². The summed E-state index contributed by atoms with van der Waals surface area (Å²) in [6, 6.07) is 5.74. The van der Waals surface area contributed by atoms with Gasteiger partial charge in [-0.25, -0.2) is 4.98 Å². The van der Waals surface area contributed by atoms with Crippen LogP contribution in [0.2, 0.25) is 0 Å². The maximum Gasteiger partial charge on any atom is 0.243 e. The predicted octanol–water partition coefficient (Wildman–Crippen LogP) is 1.38. The van der Waals surface area contributed by atoms with E-state index in [0.29, 0.717) is 5.95 Å². The number of rotatable bonds is 1. The van der Waals surface area contributed by atoms with E-state index in [2.05, 4.69) is 10.3 Å². The Hall–Kier alpha value is -2.04. The zero-order chi connectivity index (χ0) is 12.7. The molecule has 0 aliphatic carbocycles. The van der Waals surface area contributed by atoms with Gasteiger partial charge >= 0.3 is 0 Å². The normalized spacial score (nSPS) is 20.1. The number of nitrogen functional groups attached to an aromatic ring is 1. The SMILES string of the molecule is Cc1ccc2nc(N)n(C3CCCNC3=O)c2c1. The van der Waals surface area contributed by atoms with Crippen molar-refractivity contribution in [1.29, 1.82) is 0 Å². The molecule has 1 aromatic carbocycles. The summed E-state index contributed by atoms with van der Waals surface area (Å²) >= 11 is 0. The average molecular weight is 244 g/mol. The molecule has 0 radical (unpaired) electrons. The number of aryl methyl sites for hydroxylation is 1. The zero-order valence-corrected chi connectivity index (χ0v) is 10.3. The summed E-state index contributed by atoms with van der Waals surface area (Å²) in [5.74, 6) is 0.450. The highest BCUT2D eigenvalue weighted by Gasteiger charge is 2.26. The van der Waals surface area contributed by atoms with Crippen LogP contribution in [0.1, 0.15) is 24.4 Å². The molecule has 1 amide bonds. The number of benzene rings is 1. The molecule has 1 aliphatic rings. The van der Waals surface area contributed by atoms with Gasteiger partial charge in [-0.15, -0.1) is 0 Å². The van der Waals surface area contributed by atoms with Gasteiger partial charge in [-0.05, 0) is 37.5 Å². The van der Waals surface area contributed by atoms with Crippen molar-refractivity contribution in [3.05, 3.63) is 23.8 Å². The van der Waals surface area contributed by atoms with Gasteiger partial charge in [0.25, 0.3) is 0 Å². The highest BCUT2D eigenvalue weighted by Crippen LogP contribution is 2.27. The smallest absolute Gasteiger partial charge is 0.243 e. The summed E-state index contributed by atoms with van der Waals surface area (Å²) in [4.78, 5) is 16.3. The van der Waals surface area contributed by atoms with Gasteiger partial charge < -0.3 is 11.1 Å². The number of hydrogen-bond donors (Lipinski definition) is 2. The maximum atomic E-state index is 12.0. The Morgan fingerprint density at radius 1 is 1.50 bits per heavy atom. The maximum absolute atomic E-state index is 12.0. The van der Waals surface area contributed by atoms with Crippen molar-refractivity contribution in [2.45, 2.75) is 25.8 Å². The summed E-state index contributed by atoms with van der Waals surface area (Å²) in [6.45, 7) is 2.77. The van der Waals surface area contributed by atoms with Gasteiger partial charge in [0.15, 0.2) is 0 Å². The molecule has 0 bridgehead atoms. The molecule has 0 spiro atoms. The van der Waals surface area contributed by atoms with Crippen molar-refractivity contribution in [3.63, 3.8) is 0 Å². The summed E-state index contributed by atoms with van der Waals surface area (Å²) in [6.07, 6.45) is 1.79. The second-order valence-corrected chi connectivity index (χ2v) is 4.78. The van der Waals surface area contributed by atoms with Crippen LogP contribution < -0.4 is 11.1 Å². The van der Waals surface area contributed by atoms with E-state index >= 15 is 0 Å². The van der Waals surface area contributed by atoms with E-state index in [1.54, 1.807) is 0 Å². The number of nitrogens with two attached hydrogens (primary N) is 1. The molecule has 5 nitrogen and oxygen atoms in total. The quantitative estimate of drug-likeness (QED) is 0.796. The van der Waals surface area contributed by atoms with Crippen molar-refractivity contribution in [2.75, 3.05) is 12.3 Å². The second kappa shape index (κ2) is 4.01. The molecular weight excluding hydrogens is 228 g/mol. The number of carbonyl (C=O) groups is 1. The molecular formula is C13H16N4O. The minimum Gasteiger partial charge on any atom is -0.369 e. The summed E-state index contributed by atoms with van der Waals surface area (Å²) in [5.41, 5.74) is 8.89.